The molecule has 0 radical (unpaired) electrons. The van der Waals surface area contributed by atoms with Crippen LogP contribution in [0.15, 0.2) is 18.5 Å². The molecule has 0 atom stereocenters. The molecule has 0 saturated carbocycles. The summed E-state index contributed by atoms with van der Waals surface area (Å²) in [5, 5.41) is 6.21. The molecule has 0 aliphatic heterocycles. The molecule has 1 aromatic rings. The molecule has 2 nitrogen and oxygen atoms in total. The van der Waals surface area contributed by atoms with Crippen molar-refractivity contribution in [3.63, 3.8) is 0 Å². The summed E-state index contributed by atoms with van der Waals surface area (Å²) in [6, 6.07) is 1.83. The Morgan fingerprint density at radius 2 is 2.33 bits per heavy atom. The monoisotopic (exact) mass is 88.0 g/mol. The Bertz CT molecular complexity index is 65.3. The lowest BCUT2D eigenvalue weighted by Crippen LogP contribution is -1.53. The molecule has 6 heavy (non-hydrogen) atoms. The summed E-state index contributed by atoms with van der Waals surface area (Å²) in [7, 11) is 0. The number of aromatic nitrogens is 2. The molecular weight excluding hydrogens is 83.0 g/mol. The Balaban J connectivity index is 0.000000250. The Morgan fingerprint density at radius 3 is 2.50 bits per heavy atom. The van der Waals surface area contributed by atoms with Crippen molar-refractivity contribution in [1.29, 1.82) is 0 Å². The van der Waals surface area contributed by atoms with Crippen LogP contribution in [0.3, 0.4) is 0 Å². The quantitative estimate of drug-likeness (QED) is 0.493. The van der Waals surface area contributed by atoms with Gasteiger partial charge in [0.2, 0.25) is 0 Å². The average Bonchev–Trinajstić information content (AvgIpc) is 1.76. The summed E-state index contributed by atoms with van der Waals surface area (Å²) in [4.78, 5) is 0. The molecule has 0 aliphatic rings. The smallest absolute Gasteiger partial charge is 0.0487 e. The predicted octanol–water partition coefficient (Wildman–Crippen LogP) is 0.562. The highest BCUT2D eigenvalue weighted by Crippen LogP contribution is 1.64. The number of hydrogen-bond acceptors (Lipinski definition) is 1. The first-order valence-electron chi connectivity index (χ1n) is 1.44. The third kappa shape index (κ3) is 0.839. The fourth-order valence-electron chi connectivity index (χ4n) is 0.215. The van der Waals surface area contributed by atoms with E-state index in [0.29, 0.717) is 0 Å². The van der Waals surface area contributed by atoms with Gasteiger partial charge in [-0.1, -0.05) is 0 Å². The van der Waals surface area contributed by atoms with Crippen LogP contribution in [0.2, 0.25) is 0 Å². The zero-order valence-corrected chi connectivity index (χ0v) is 3.09. The molecule has 1 N–H and O–H groups in total. The minimum atomic E-state index is 0. The van der Waals surface area contributed by atoms with E-state index in [4.69, 9.17) is 0 Å². The highest BCUT2D eigenvalue weighted by atomic mass is 19.0. The number of rotatable bonds is 0. The Kier molecular flexibility index (Phi) is 2.04. The largest absolute Gasteiger partial charge is 0.286 e. The van der Waals surface area contributed by atoms with Crippen molar-refractivity contribution in [3.8, 4) is 0 Å². The van der Waals surface area contributed by atoms with Crippen LogP contribution in [0.5, 0.6) is 0 Å². The van der Waals surface area contributed by atoms with E-state index >= 15 is 0 Å². The normalized spacial score (nSPS) is 6.67. The van der Waals surface area contributed by atoms with E-state index in [1.165, 1.54) is 0 Å². The van der Waals surface area contributed by atoms with Gasteiger partial charge in [0.05, 0.1) is 0 Å². The minimum Gasteiger partial charge on any atom is -0.286 e. The van der Waals surface area contributed by atoms with Crippen LogP contribution in [-0.2, 0) is 0 Å². The lowest BCUT2D eigenvalue weighted by molar-refractivity contribution is 1.09. The second-order valence-electron chi connectivity index (χ2n) is 0.766. The zero-order valence-electron chi connectivity index (χ0n) is 3.09. The van der Waals surface area contributed by atoms with Crippen molar-refractivity contribution in [2.75, 3.05) is 0 Å². The maximum absolute atomic E-state index is 3.60. The van der Waals surface area contributed by atoms with Gasteiger partial charge in [-0.25, -0.2) is 0 Å². The van der Waals surface area contributed by atoms with Crippen LogP contribution in [0.1, 0.15) is 0 Å². The van der Waals surface area contributed by atoms with E-state index in [2.05, 4.69) is 10.2 Å². The average molecular weight is 88.1 g/mol. The summed E-state index contributed by atoms with van der Waals surface area (Å²) in [6.45, 7) is 0. The predicted molar refractivity (Wildman–Crippen MR) is 21.1 cm³/mol. The first kappa shape index (κ1) is 5.14. The number of nitrogens with zero attached hydrogens (tertiary/aromatic N) is 1. The van der Waals surface area contributed by atoms with Crippen LogP contribution >= 0.6 is 0 Å². The Labute approximate surface area is 34.6 Å². The van der Waals surface area contributed by atoms with E-state index in [9.17, 15) is 0 Å². The molecule has 3 heteroatoms. The summed E-state index contributed by atoms with van der Waals surface area (Å²) in [6.07, 6.45) is 3.46. The standard InChI is InChI=1S/C3H4N2.FH/c1-2-4-5-3-1;/h1-3H,(H,4,5);1H. The van der Waals surface area contributed by atoms with Gasteiger partial charge in [0.25, 0.3) is 0 Å². The van der Waals surface area contributed by atoms with Crippen molar-refractivity contribution in [1.82, 2.24) is 10.2 Å². The molecule has 0 spiro atoms. The summed E-state index contributed by atoms with van der Waals surface area (Å²) in [5.41, 5.74) is 0. The minimum absolute atomic E-state index is 0. The van der Waals surface area contributed by atoms with Gasteiger partial charge in [0.15, 0.2) is 0 Å². The van der Waals surface area contributed by atoms with E-state index in [0.717, 1.165) is 0 Å². The summed E-state index contributed by atoms with van der Waals surface area (Å²) < 4.78 is 0. The molecule has 0 saturated heterocycles. The van der Waals surface area contributed by atoms with Gasteiger partial charge in [0, 0.05) is 12.4 Å². The molecule has 0 fully saturated rings. The molecule has 1 heterocycles. The van der Waals surface area contributed by atoms with Crippen molar-refractivity contribution < 1.29 is 4.70 Å². The van der Waals surface area contributed by atoms with Gasteiger partial charge in [-0.15, -0.1) is 0 Å². The van der Waals surface area contributed by atoms with E-state index in [1.54, 1.807) is 12.4 Å². The fourth-order valence-corrected chi connectivity index (χ4v) is 0.215. The second-order valence-corrected chi connectivity index (χ2v) is 0.766. The highest BCUT2D eigenvalue weighted by molar-refractivity contribution is 4.72. The van der Waals surface area contributed by atoms with Gasteiger partial charge in [0.1, 0.15) is 0 Å². The first-order chi connectivity index (χ1) is 2.50. The van der Waals surface area contributed by atoms with Crippen LogP contribution in [-0.4, -0.2) is 10.2 Å². The maximum Gasteiger partial charge on any atom is 0.0487 e. The van der Waals surface area contributed by atoms with Gasteiger partial charge < -0.3 is 0 Å². The number of halogens is 1. The van der Waals surface area contributed by atoms with E-state index in [-0.39, 0.29) is 4.70 Å². The lowest BCUT2D eigenvalue weighted by Gasteiger charge is -1.49. The summed E-state index contributed by atoms with van der Waals surface area (Å²) >= 11 is 0. The van der Waals surface area contributed by atoms with Gasteiger partial charge in [-0.05, 0) is 6.07 Å². The lowest BCUT2D eigenvalue weighted by atomic mass is 10.8. The zero-order chi connectivity index (χ0) is 3.54. The van der Waals surface area contributed by atoms with Crippen LogP contribution < -0.4 is 0 Å². The van der Waals surface area contributed by atoms with Crippen LogP contribution in [0.25, 0.3) is 0 Å². The molecule has 0 bridgehead atoms. The molecule has 0 aliphatic carbocycles. The number of hydrogen-bond donors (Lipinski definition) is 1. The third-order valence-electron chi connectivity index (χ3n) is 0.406. The molecule has 1 aromatic heterocycles. The van der Waals surface area contributed by atoms with Gasteiger partial charge >= 0.3 is 0 Å². The van der Waals surface area contributed by atoms with E-state index in [1.807, 2.05) is 6.07 Å². The first-order valence-corrected chi connectivity index (χ1v) is 1.44. The highest BCUT2D eigenvalue weighted by Gasteiger charge is 1.56. The van der Waals surface area contributed by atoms with Gasteiger partial charge in [-0.2, -0.15) is 5.10 Å². The van der Waals surface area contributed by atoms with Crippen molar-refractivity contribution in [2.24, 2.45) is 0 Å². The number of H-pyrrole nitrogens is 1. The maximum atomic E-state index is 3.60. The van der Waals surface area contributed by atoms with Crippen molar-refractivity contribution in [2.45, 2.75) is 0 Å². The summed E-state index contributed by atoms with van der Waals surface area (Å²) in [5.74, 6) is 0. The Morgan fingerprint density at radius 1 is 1.50 bits per heavy atom. The number of nitrogens with one attached hydrogen (secondary N) is 1. The molecule has 0 unspecified atom stereocenters. The van der Waals surface area contributed by atoms with Crippen LogP contribution in [0.4, 0.5) is 4.70 Å². The second kappa shape index (κ2) is 2.38. The Hall–Kier alpha value is -0.860. The van der Waals surface area contributed by atoms with Crippen molar-refractivity contribution in [3.05, 3.63) is 18.5 Å². The molecular formula is C3H5FN2. The van der Waals surface area contributed by atoms with Gasteiger partial charge in [-0.3, -0.25) is 9.80 Å². The molecule has 34 valence electrons. The molecule has 0 amide bonds. The SMILES string of the molecule is F.c1cn[nH]c1. The van der Waals surface area contributed by atoms with Crippen molar-refractivity contribution >= 4 is 0 Å². The third-order valence-corrected chi connectivity index (χ3v) is 0.406. The topological polar surface area (TPSA) is 28.7 Å². The number of aromatic amines is 1. The molecule has 0 aromatic carbocycles. The van der Waals surface area contributed by atoms with Crippen LogP contribution in [0, 0.1) is 0 Å². The van der Waals surface area contributed by atoms with E-state index < -0.39 is 0 Å². The molecule has 1 rings (SSSR count). The fraction of sp³-hybridized carbons (Fsp3) is 0.